The summed E-state index contributed by atoms with van der Waals surface area (Å²) in [6.45, 7) is 3.81. The fourth-order valence-corrected chi connectivity index (χ4v) is 2.95. The van der Waals surface area contributed by atoms with Crippen molar-refractivity contribution in [1.29, 1.82) is 0 Å². The number of benzene rings is 2. The van der Waals surface area contributed by atoms with Crippen LogP contribution in [0.5, 0.6) is 5.75 Å². The maximum Gasteiger partial charge on any atom is 0.159 e. The van der Waals surface area contributed by atoms with Crippen LogP contribution in [0, 0.1) is 25.5 Å². The summed E-state index contributed by atoms with van der Waals surface area (Å²) in [5, 5.41) is 0. The van der Waals surface area contributed by atoms with Crippen LogP contribution in [0.1, 0.15) is 28.3 Å². The predicted molar refractivity (Wildman–Crippen MR) is 82.6 cm³/mol. The van der Waals surface area contributed by atoms with Gasteiger partial charge >= 0.3 is 0 Å². The lowest BCUT2D eigenvalue weighted by atomic mass is 9.93. The molecule has 2 N–H and O–H groups in total. The third-order valence-corrected chi connectivity index (χ3v) is 4.35. The van der Waals surface area contributed by atoms with Crippen molar-refractivity contribution in [3.05, 3.63) is 62.6 Å². The molecule has 5 heteroatoms. The van der Waals surface area contributed by atoms with Gasteiger partial charge in [0.1, 0.15) is 5.75 Å². The molecule has 0 bridgehead atoms. The van der Waals surface area contributed by atoms with Gasteiger partial charge in [-0.05, 0) is 48.7 Å². The summed E-state index contributed by atoms with van der Waals surface area (Å²) in [6, 6.07) is 5.02. The van der Waals surface area contributed by atoms with Crippen molar-refractivity contribution in [2.45, 2.75) is 19.9 Å². The molecule has 112 valence electrons. The second-order valence-electron chi connectivity index (χ2n) is 4.90. The quantitative estimate of drug-likeness (QED) is 0.885. The first-order valence-electron chi connectivity index (χ1n) is 6.41. The molecule has 0 radical (unpaired) electrons. The van der Waals surface area contributed by atoms with Crippen molar-refractivity contribution >= 4 is 15.9 Å². The summed E-state index contributed by atoms with van der Waals surface area (Å²) in [7, 11) is 1.57. The van der Waals surface area contributed by atoms with Gasteiger partial charge in [0, 0.05) is 10.0 Å². The largest absolute Gasteiger partial charge is 0.496 e. The molecule has 0 saturated carbocycles. The van der Waals surface area contributed by atoms with Gasteiger partial charge in [0.05, 0.1) is 13.2 Å². The van der Waals surface area contributed by atoms with Crippen LogP contribution in [-0.4, -0.2) is 7.11 Å². The standard InChI is InChI=1S/C16H16BrF2NO/c1-8-6-11(17)9(2)14(16(8)21-3)15(20)10-4-5-12(18)13(19)7-10/h4-7,15H,20H2,1-3H3. The van der Waals surface area contributed by atoms with E-state index in [2.05, 4.69) is 15.9 Å². The maximum atomic E-state index is 13.4. The molecule has 2 aromatic carbocycles. The van der Waals surface area contributed by atoms with Crippen molar-refractivity contribution in [1.82, 2.24) is 0 Å². The summed E-state index contributed by atoms with van der Waals surface area (Å²) in [6.07, 6.45) is 0. The van der Waals surface area contributed by atoms with Crippen LogP contribution in [0.25, 0.3) is 0 Å². The number of nitrogens with two attached hydrogens (primary N) is 1. The van der Waals surface area contributed by atoms with Crippen LogP contribution in [0.3, 0.4) is 0 Å². The number of hydrogen-bond acceptors (Lipinski definition) is 2. The van der Waals surface area contributed by atoms with E-state index in [9.17, 15) is 8.78 Å². The number of hydrogen-bond donors (Lipinski definition) is 1. The van der Waals surface area contributed by atoms with Crippen LogP contribution >= 0.6 is 15.9 Å². The molecule has 0 heterocycles. The van der Waals surface area contributed by atoms with Crippen LogP contribution < -0.4 is 10.5 Å². The molecule has 0 aliphatic carbocycles. The Morgan fingerprint density at radius 1 is 1.14 bits per heavy atom. The zero-order valence-corrected chi connectivity index (χ0v) is 13.6. The summed E-state index contributed by atoms with van der Waals surface area (Å²) < 4.78 is 32.8. The van der Waals surface area contributed by atoms with Crippen molar-refractivity contribution in [3.8, 4) is 5.75 Å². The molecule has 0 spiro atoms. The molecule has 0 amide bonds. The van der Waals surface area contributed by atoms with E-state index in [-0.39, 0.29) is 0 Å². The Balaban J connectivity index is 2.62. The summed E-state index contributed by atoms with van der Waals surface area (Å²) in [5.74, 6) is -1.14. The highest BCUT2D eigenvalue weighted by atomic mass is 79.9. The average Bonchev–Trinajstić information content (AvgIpc) is 2.44. The maximum absolute atomic E-state index is 13.4. The third kappa shape index (κ3) is 2.94. The van der Waals surface area contributed by atoms with Crippen LogP contribution in [0.15, 0.2) is 28.7 Å². The smallest absolute Gasteiger partial charge is 0.159 e. The van der Waals surface area contributed by atoms with Gasteiger partial charge in [-0.1, -0.05) is 22.0 Å². The molecule has 21 heavy (non-hydrogen) atoms. The molecule has 0 aliphatic heterocycles. The molecular weight excluding hydrogens is 340 g/mol. The Labute approximate surface area is 131 Å². The van der Waals surface area contributed by atoms with Gasteiger partial charge in [0.15, 0.2) is 11.6 Å². The molecule has 2 rings (SSSR count). The van der Waals surface area contributed by atoms with Crippen molar-refractivity contribution in [2.75, 3.05) is 7.11 Å². The first-order chi connectivity index (χ1) is 9.86. The van der Waals surface area contributed by atoms with Gasteiger partial charge in [-0.2, -0.15) is 0 Å². The SMILES string of the molecule is COc1c(C)cc(Br)c(C)c1C(N)c1ccc(F)c(F)c1. The van der Waals surface area contributed by atoms with E-state index in [0.717, 1.165) is 33.3 Å². The first-order valence-corrected chi connectivity index (χ1v) is 7.20. The van der Waals surface area contributed by atoms with E-state index in [0.29, 0.717) is 11.3 Å². The number of ether oxygens (including phenoxy) is 1. The van der Waals surface area contributed by atoms with E-state index in [1.807, 2.05) is 19.9 Å². The van der Waals surface area contributed by atoms with E-state index in [1.165, 1.54) is 6.07 Å². The van der Waals surface area contributed by atoms with Crippen LogP contribution in [-0.2, 0) is 0 Å². The van der Waals surface area contributed by atoms with Crippen molar-refractivity contribution in [2.24, 2.45) is 5.73 Å². The lowest BCUT2D eigenvalue weighted by Crippen LogP contribution is -2.16. The predicted octanol–water partition coefficient (Wildman–Crippen LogP) is 4.40. The van der Waals surface area contributed by atoms with E-state index < -0.39 is 17.7 Å². The molecule has 0 saturated heterocycles. The highest BCUT2D eigenvalue weighted by molar-refractivity contribution is 9.10. The fraction of sp³-hybridized carbons (Fsp3) is 0.250. The number of rotatable bonds is 3. The number of aryl methyl sites for hydroxylation is 1. The van der Waals surface area contributed by atoms with Gasteiger partial charge in [-0.15, -0.1) is 0 Å². The molecule has 1 atom stereocenters. The van der Waals surface area contributed by atoms with Gasteiger partial charge in [-0.25, -0.2) is 8.78 Å². The molecule has 0 fully saturated rings. The Kier molecular flexibility index (Phi) is 4.64. The Hall–Kier alpha value is -1.46. The number of methoxy groups -OCH3 is 1. The van der Waals surface area contributed by atoms with E-state index in [4.69, 9.17) is 10.5 Å². The molecular formula is C16H16BrF2NO. The minimum Gasteiger partial charge on any atom is -0.496 e. The zero-order chi connectivity index (χ0) is 15.7. The molecule has 0 aliphatic rings. The lowest BCUT2D eigenvalue weighted by molar-refractivity contribution is 0.404. The third-order valence-electron chi connectivity index (χ3n) is 3.53. The molecule has 2 nitrogen and oxygen atoms in total. The minimum absolute atomic E-state index is 0.493. The fourth-order valence-electron chi connectivity index (χ4n) is 2.39. The molecule has 2 aromatic rings. The highest BCUT2D eigenvalue weighted by Crippen LogP contribution is 2.38. The highest BCUT2D eigenvalue weighted by Gasteiger charge is 2.21. The summed E-state index contributed by atoms with van der Waals surface area (Å²) in [5.41, 5.74) is 9.34. The average molecular weight is 356 g/mol. The van der Waals surface area contributed by atoms with Gasteiger partial charge in [0.2, 0.25) is 0 Å². The van der Waals surface area contributed by atoms with Gasteiger partial charge in [0.25, 0.3) is 0 Å². The first kappa shape index (κ1) is 15.9. The Bertz CT molecular complexity index is 688. The summed E-state index contributed by atoms with van der Waals surface area (Å²) in [4.78, 5) is 0. The normalized spacial score (nSPS) is 12.3. The Morgan fingerprint density at radius 2 is 1.81 bits per heavy atom. The van der Waals surface area contributed by atoms with Crippen molar-refractivity contribution < 1.29 is 13.5 Å². The zero-order valence-electron chi connectivity index (χ0n) is 12.0. The molecule has 1 unspecified atom stereocenters. The van der Waals surface area contributed by atoms with Gasteiger partial charge in [-0.3, -0.25) is 0 Å². The molecule has 0 aromatic heterocycles. The minimum atomic E-state index is -0.911. The van der Waals surface area contributed by atoms with Crippen LogP contribution in [0.4, 0.5) is 8.78 Å². The van der Waals surface area contributed by atoms with E-state index in [1.54, 1.807) is 7.11 Å². The lowest BCUT2D eigenvalue weighted by Gasteiger charge is -2.21. The van der Waals surface area contributed by atoms with E-state index >= 15 is 0 Å². The van der Waals surface area contributed by atoms with Crippen molar-refractivity contribution in [3.63, 3.8) is 0 Å². The Morgan fingerprint density at radius 3 is 2.38 bits per heavy atom. The monoisotopic (exact) mass is 355 g/mol. The summed E-state index contributed by atoms with van der Waals surface area (Å²) >= 11 is 3.48. The second kappa shape index (κ2) is 6.12. The van der Waals surface area contributed by atoms with Crippen LogP contribution in [0.2, 0.25) is 0 Å². The second-order valence-corrected chi connectivity index (χ2v) is 5.75. The van der Waals surface area contributed by atoms with Gasteiger partial charge < -0.3 is 10.5 Å². The topological polar surface area (TPSA) is 35.2 Å². The number of halogens is 3.